The van der Waals surface area contributed by atoms with Gasteiger partial charge in [0, 0.05) is 24.6 Å². The lowest BCUT2D eigenvalue weighted by Gasteiger charge is -2.40. The fourth-order valence-electron chi connectivity index (χ4n) is 5.50. The normalized spacial score (nSPS) is 23.8. The molecule has 6 nitrogen and oxygen atoms in total. The van der Waals surface area contributed by atoms with Gasteiger partial charge in [-0.1, -0.05) is 32.6 Å². The van der Waals surface area contributed by atoms with E-state index in [0.29, 0.717) is 18.4 Å². The van der Waals surface area contributed by atoms with Crippen molar-refractivity contribution in [2.75, 3.05) is 31.6 Å². The highest BCUT2D eigenvalue weighted by Crippen LogP contribution is 2.29. The molecule has 1 aromatic rings. The van der Waals surface area contributed by atoms with Crippen LogP contribution in [0.2, 0.25) is 0 Å². The van der Waals surface area contributed by atoms with Crippen molar-refractivity contribution in [3.63, 3.8) is 0 Å². The summed E-state index contributed by atoms with van der Waals surface area (Å²) in [6.07, 6.45) is 11.5. The Morgan fingerprint density at radius 1 is 1.13 bits per heavy atom. The van der Waals surface area contributed by atoms with E-state index in [9.17, 15) is 4.79 Å². The minimum absolute atomic E-state index is 0.0481. The molecular formula is C24H39N5O. The van der Waals surface area contributed by atoms with Crippen LogP contribution >= 0.6 is 0 Å². The number of likely N-dealkylation sites (tertiary alicyclic amines) is 1. The molecule has 3 heterocycles. The fraction of sp³-hybridized carbons (Fsp3) is 0.792. The van der Waals surface area contributed by atoms with E-state index in [-0.39, 0.29) is 11.6 Å². The van der Waals surface area contributed by atoms with Crippen LogP contribution in [0, 0.1) is 5.92 Å². The Morgan fingerprint density at radius 3 is 2.57 bits per heavy atom. The van der Waals surface area contributed by atoms with Gasteiger partial charge in [-0.15, -0.1) is 0 Å². The lowest BCUT2D eigenvalue weighted by molar-refractivity contribution is 0.240. The number of hydrogen-bond acceptors (Lipinski definition) is 5. The van der Waals surface area contributed by atoms with E-state index >= 15 is 0 Å². The molecule has 1 aliphatic carbocycles. The summed E-state index contributed by atoms with van der Waals surface area (Å²) in [5.74, 6) is 1.50. The van der Waals surface area contributed by atoms with Crippen LogP contribution in [0.4, 0.5) is 5.95 Å². The molecule has 1 aromatic heterocycles. The monoisotopic (exact) mass is 413 g/mol. The summed E-state index contributed by atoms with van der Waals surface area (Å²) in [7, 11) is 2.20. The van der Waals surface area contributed by atoms with Gasteiger partial charge in [0.05, 0.1) is 17.4 Å². The highest BCUT2D eigenvalue weighted by Gasteiger charge is 2.30. The maximum atomic E-state index is 13.1. The predicted octanol–water partition coefficient (Wildman–Crippen LogP) is 3.78. The number of nitrogens with zero attached hydrogens (tertiary/aromatic N) is 4. The van der Waals surface area contributed by atoms with Crippen LogP contribution in [0.5, 0.6) is 0 Å². The molecule has 2 aliphatic heterocycles. The zero-order chi connectivity index (χ0) is 21.1. The zero-order valence-electron chi connectivity index (χ0n) is 19.1. The van der Waals surface area contributed by atoms with Gasteiger partial charge in [-0.25, -0.2) is 4.98 Å². The Bertz CT molecular complexity index is 802. The third-order valence-corrected chi connectivity index (χ3v) is 7.22. The summed E-state index contributed by atoms with van der Waals surface area (Å²) in [5, 5.41) is 0. The molecule has 1 saturated heterocycles. The Labute approximate surface area is 181 Å². The molecule has 0 aromatic carbocycles. The standard InChI is InChI=1S/C24H39N5O/c1-4-8-21-22-20(15-17(2)25-21)23(30)27-24(26-22)29(16-18-9-6-5-7-10-18)19-11-13-28(3)14-12-19/h17-19H,4-16H2,1-3H3,(H,26,27,30). The van der Waals surface area contributed by atoms with Crippen LogP contribution < -0.4 is 10.5 Å². The van der Waals surface area contributed by atoms with E-state index in [4.69, 9.17) is 9.98 Å². The van der Waals surface area contributed by atoms with E-state index in [2.05, 4.69) is 35.7 Å². The molecule has 0 spiro atoms. The van der Waals surface area contributed by atoms with Gasteiger partial charge < -0.3 is 9.80 Å². The molecule has 1 saturated carbocycles. The van der Waals surface area contributed by atoms with Gasteiger partial charge in [-0.2, -0.15) is 0 Å². The van der Waals surface area contributed by atoms with Crippen molar-refractivity contribution >= 4 is 11.7 Å². The third-order valence-electron chi connectivity index (χ3n) is 7.22. The van der Waals surface area contributed by atoms with Crippen molar-refractivity contribution in [3.8, 4) is 0 Å². The second kappa shape index (κ2) is 9.63. The molecule has 1 atom stereocenters. The van der Waals surface area contributed by atoms with Gasteiger partial charge >= 0.3 is 0 Å². The van der Waals surface area contributed by atoms with Gasteiger partial charge in [0.1, 0.15) is 0 Å². The lowest BCUT2D eigenvalue weighted by atomic mass is 9.88. The Hall–Kier alpha value is -1.69. The van der Waals surface area contributed by atoms with Crippen LogP contribution in [-0.2, 0) is 6.42 Å². The summed E-state index contributed by atoms with van der Waals surface area (Å²) < 4.78 is 0. The van der Waals surface area contributed by atoms with Crippen molar-refractivity contribution in [3.05, 3.63) is 21.6 Å². The molecule has 4 rings (SSSR count). The smallest absolute Gasteiger partial charge is 0.256 e. The SMILES string of the molecule is CCCC1=NC(C)Cc2c1nc(N(CC1CCCCC1)C1CCN(C)CC1)[nH]c2=O. The van der Waals surface area contributed by atoms with E-state index in [1.165, 1.54) is 32.1 Å². The second-order valence-corrected chi connectivity index (χ2v) is 9.79. The number of fused-ring (bicyclic) bond motifs is 1. The quantitative estimate of drug-likeness (QED) is 0.771. The van der Waals surface area contributed by atoms with Gasteiger partial charge in [0.15, 0.2) is 0 Å². The van der Waals surface area contributed by atoms with Gasteiger partial charge in [-0.3, -0.25) is 14.8 Å². The first kappa shape index (κ1) is 21.5. The number of H-pyrrole nitrogens is 1. The van der Waals surface area contributed by atoms with Crippen molar-refractivity contribution in [1.82, 2.24) is 14.9 Å². The van der Waals surface area contributed by atoms with E-state index in [1.54, 1.807) is 0 Å². The number of aromatic amines is 1. The average Bonchev–Trinajstić information content (AvgIpc) is 2.74. The summed E-state index contributed by atoms with van der Waals surface area (Å²) >= 11 is 0. The van der Waals surface area contributed by atoms with Gasteiger partial charge in [-0.05, 0) is 65.1 Å². The minimum Gasteiger partial charge on any atom is -0.339 e. The third kappa shape index (κ3) is 4.79. The number of nitrogens with one attached hydrogen (secondary N) is 1. The van der Waals surface area contributed by atoms with Crippen molar-refractivity contribution in [2.45, 2.75) is 90.1 Å². The van der Waals surface area contributed by atoms with Crippen LogP contribution in [0.15, 0.2) is 9.79 Å². The van der Waals surface area contributed by atoms with Crippen molar-refractivity contribution in [2.24, 2.45) is 10.9 Å². The van der Waals surface area contributed by atoms with Crippen LogP contribution in [0.3, 0.4) is 0 Å². The number of piperidine rings is 1. The summed E-state index contributed by atoms with van der Waals surface area (Å²) in [6, 6.07) is 0.624. The molecule has 0 bridgehead atoms. The zero-order valence-corrected chi connectivity index (χ0v) is 19.1. The first-order valence-corrected chi connectivity index (χ1v) is 12.2. The van der Waals surface area contributed by atoms with Gasteiger partial charge in [0.2, 0.25) is 5.95 Å². The summed E-state index contributed by atoms with van der Waals surface area (Å²) in [6.45, 7) is 7.51. The maximum Gasteiger partial charge on any atom is 0.256 e. The fourth-order valence-corrected chi connectivity index (χ4v) is 5.50. The van der Waals surface area contributed by atoms with Crippen LogP contribution in [-0.4, -0.2) is 59.3 Å². The topological polar surface area (TPSA) is 64.6 Å². The molecule has 1 N–H and O–H groups in total. The molecule has 0 amide bonds. The minimum atomic E-state index is 0.0481. The molecule has 166 valence electrons. The second-order valence-electron chi connectivity index (χ2n) is 9.79. The summed E-state index contributed by atoms with van der Waals surface area (Å²) in [5.41, 5.74) is 2.78. The van der Waals surface area contributed by atoms with E-state index in [0.717, 1.165) is 68.2 Å². The molecule has 1 unspecified atom stereocenters. The van der Waals surface area contributed by atoms with Crippen LogP contribution in [0.25, 0.3) is 0 Å². The number of rotatable bonds is 6. The Morgan fingerprint density at radius 2 is 1.87 bits per heavy atom. The molecule has 0 radical (unpaired) electrons. The first-order chi connectivity index (χ1) is 14.5. The molecule has 2 fully saturated rings. The Kier molecular flexibility index (Phi) is 6.91. The van der Waals surface area contributed by atoms with E-state index < -0.39 is 0 Å². The molecule has 3 aliphatic rings. The lowest BCUT2D eigenvalue weighted by Crippen LogP contribution is -2.47. The Balaban J connectivity index is 1.68. The molecular weight excluding hydrogens is 374 g/mol. The first-order valence-electron chi connectivity index (χ1n) is 12.2. The van der Waals surface area contributed by atoms with Crippen LogP contribution in [0.1, 0.15) is 82.9 Å². The highest BCUT2D eigenvalue weighted by atomic mass is 16.1. The highest BCUT2D eigenvalue weighted by molar-refractivity contribution is 6.01. The summed E-state index contributed by atoms with van der Waals surface area (Å²) in [4.78, 5) is 31.2. The largest absolute Gasteiger partial charge is 0.339 e. The van der Waals surface area contributed by atoms with Crippen molar-refractivity contribution in [1.29, 1.82) is 0 Å². The van der Waals surface area contributed by atoms with Gasteiger partial charge in [0.25, 0.3) is 5.56 Å². The van der Waals surface area contributed by atoms with E-state index in [1.807, 2.05) is 0 Å². The van der Waals surface area contributed by atoms with Crippen molar-refractivity contribution < 1.29 is 0 Å². The number of anilines is 1. The number of aliphatic imine (C=N–C) groups is 1. The molecule has 30 heavy (non-hydrogen) atoms. The number of hydrogen-bond donors (Lipinski definition) is 1. The molecule has 6 heteroatoms. The maximum absolute atomic E-state index is 13.1. The average molecular weight is 414 g/mol. The predicted molar refractivity (Wildman–Crippen MR) is 124 cm³/mol. The number of aromatic nitrogens is 2.